The number of rotatable bonds is 13. The molecular formula is C26H39IN7O9P. The van der Waals surface area contributed by atoms with Gasteiger partial charge in [0.15, 0.2) is 21.2 Å². The molecule has 18 heteroatoms. The summed E-state index contributed by atoms with van der Waals surface area (Å²) in [5, 5.41) is 16.8. The lowest BCUT2D eigenvalue weighted by Gasteiger charge is -2.30. The fraction of sp³-hybridized carbons (Fsp3) is 0.731. The van der Waals surface area contributed by atoms with Gasteiger partial charge in [0, 0.05) is 29.0 Å². The highest BCUT2D eigenvalue weighted by molar-refractivity contribution is 14.1. The van der Waals surface area contributed by atoms with Crippen molar-refractivity contribution in [1.29, 1.82) is 0 Å². The van der Waals surface area contributed by atoms with Crippen molar-refractivity contribution < 1.29 is 42.7 Å². The number of nitrogen functional groups attached to an aromatic ring is 1. The molecule has 0 radical (unpaired) electrons. The second-order valence-electron chi connectivity index (χ2n) is 11.7. The van der Waals surface area contributed by atoms with E-state index in [9.17, 15) is 19.3 Å². The first-order chi connectivity index (χ1) is 20.8. The van der Waals surface area contributed by atoms with Crippen LogP contribution in [0.4, 0.5) is 5.95 Å². The molecule has 2 aromatic rings. The molecular weight excluding hydrogens is 712 g/mol. The van der Waals surface area contributed by atoms with Gasteiger partial charge in [0.1, 0.15) is 29.9 Å². The van der Waals surface area contributed by atoms with Crippen molar-refractivity contribution in [2.45, 2.75) is 108 Å². The lowest BCUT2D eigenvalue weighted by Crippen LogP contribution is -2.44. The smallest absolute Gasteiger partial charge is 0.342 e. The molecule has 1 saturated heterocycles. The molecule has 3 heterocycles. The van der Waals surface area contributed by atoms with Crippen molar-refractivity contribution in [3.8, 4) is 5.88 Å². The molecule has 244 valence electrons. The predicted molar refractivity (Wildman–Crippen MR) is 164 cm³/mol. The number of halogens is 1. The Morgan fingerprint density at radius 2 is 1.68 bits per heavy atom. The van der Waals surface area contributed by atoms with Crippen molar-refractivity contribution in [2.24, 2.45) is 0 Å². The van der Waals surface area contributed by atoms with E-state index < -0.39 is 49.6 Å². The van der Waals surface area contributed by atoms with Crippen molar-refractivity contribution in [1.82, 2.24) is 29.7 Å². The van der Waals surface area contributed by atoms with E-state index in [1.807, 2.05) is 22.6 Å². The summed E-state index contributed by atoms with van der Waals surface area (Å²) in [6.07, 6.45) is 3.14. The van der Waals surface area contributed by atoms with Gasteiger partial charge in [-0.05, 0) is 59.3 Å². The third-order valence-corrected chi connectivity index (χ3v) is 10.7. The third kappa shape index (κ3) is 7.29. The van der Waals surface area contributed by atoms with Crippen molar-refractivity contribution in [3.05, 3.63) is 3.83 Å². The Morgan fingerprint density at radius 3 is 2.18 bits per heavy atom. The second-order valence-corrected chi connectivity index (χ2v) is 14.6. The van der Waals surface area contributed by atoms with Crippen molar-refractivity contribution >= 4 is 59.3 Å². The number of hydrogen-bond acceptors (Lipinski definition) is 13. The van der Waals surface area contributed by atoms with E-state index in [0.717, 1.165) is 38.5 Å². The van der Waals surface area contributed by atoms with Crippen LogP contribution in [-0.2, 0) is 32.9 Å². The molecule has 0 unspecified atom stereocenters. The fourth-order valence-electron chi connectivity index (χ4n) is 5.09. The highest BCUT2D eigenvalue weighted by atomic mass is 127. The number of nitrogens with zero attached hydrogens (tertiary/aromatic N) is 4. The van der Waals surface area contributed by atoms with Gasteiger partial charge < -0.3 is 34.3 Å². The predicted octanol–water partition coefficient (Wildman–Crippen LogP) is 2.33. The molecule has 2 aromatic heterocycles. The molecule has 1 aliphatic heterocycles. The molecule has 0 spiro atoms. The van der Waals surface area contributed by atoms with Crippen LogP contribution in [0, 0.1) is 3.83 Å². The zero-order valence-corrected chi connectivity index (χ0v) is 28.1. The van der Waals surface area contributed by atoms with Crippen LogP contribution in [0.15, 0.2) is 0 Å². The van der Waals surface area contributed by atoms with Crippen LogP contribution in [0.25, 0.3) is 11.2 Å². The molecule has 0 amide bonds. The maximum atomic E-state index is 14.1. The summed E-state index contributed by atoms with van der Waals surface area (Å²) in [6, 6.07) is -2.02. The summed E-state index contributed by atoms with van der Waals surface area (Å²) < 4.78 is 44.4. The van der Waals surface area contributed by atoms with Crippen LogP contribution in [0.1, 0.15) is 71.9 Å². The maximum Gasteiger partial charge on any atom is 0.342 e. The van der Waals surface area contributed by atoms with E-state index in [4.69, 9.17) is 29.2 Å². The Labute approximate surface area is 268 Å². The number of ether oxygens (including phenoxy) is 4. The normalized spacial score (nSPS) is 25.7. The van der Waals surface area contributed by atoms with Gasteiger partial charge in [0.25, 0.3) is 0 Å². The van der Waals surface area contributed by atoms with E-state index in [0.29, 0.717) is 15.0 Å². The van der Waals surface area contributed by atoms with Gasteiger partial charge in [0.2, 0.25) is 11.8 Å². The number of carbonyl (C=O) groups is 2. The summed E-state index contributed by atoms with van der Waals surface area (Å²) in [7, 11) is -2.65. The lowest BCUT2D eigenvalue weighted by molar-refractivity contribution is -0.155. The average Bonchev–Trinajstić information content (AvgIpc) is 3.39. The number of hydrogen-bond donors (Lipinski definition) is 4. The standard InChI is InChI=1S/C26H39IN7O9P/c1-13(21(35)41-15-7-5-8-15)32-44(38,33-14(2)22(36)42-16-9-6-10-16)40-12-17-11-26(3,37)23(43-17)34-19-18(29-24(34)27)20(39-4)31-25(28)30-19/h13-17,23,37H,5-12H2,1-4H3,(H2,28,30,31)(H2,32,33,38)/t13-,14-,17-,23+,26+/m0/s1. The van der Waals surface area contributed by atoms with E-state index >= 15 is 0 Å². The number of aliphatic hydroxyl groups is 1. The summed E-state index contributed by atoms with van der Waals surface area (Å²) in [5.41, 5.74) is 5.10. The second kappa shape index (κ2) is 13.3. The number of nitrogens with two attached hydrogens (primary N) is 1. The highest BCUT2D eigenvalue weighted by Crippen LogP contribution is 2.45. The first kappa shape index (κ1) is 33.2. The van der Waals surface area contributed by atoms with Crippen LogP contribution in [0.5, 0.6) is 5.88 Å². The van der Waals surface area contributed by atoms with Crippen LogP contribution in [0.2, 0.25) is 0 Å². The Kier molecular flexibility index (Phi) is 10.0. The summed E-state index contributed by atoms with van der Waals surface area (Å²) in [6.45, 7) is 4.35. The lowest BCUT2D eigenvalue weighted by atomic mass is 9.96. The maximum absolute atomic E-state index is 14.1. The zero-order chi connectivity index (χ0) is 31.8. The molecule has 5 rings (SSSR count). The van der Waals surface area contributed by atoms with Gasteiger partial charge >= 0.3 is 19.6 Å². The zero-order valence-electron chi connectivity index (χ0n) is 25.0. The molecule has 2 aliphatic carbocycles. The summed E-state index contributed by atoms with van der Waals surface area (Å²) in [5.74, 6) is -1.03. The van der Waals surface area contributed by atoms with Gasteiger partial charge in [0.05, 0.1) is 19.8 Å². The molecule has 3 fully saturated rings. The first-order valence-electron chi connectivity index (χ1n) is 14.6. The van der Waals surface area contributed by atoms with E-state index in [-0.39, 0.29) is 37.1 Å². The Morgan fingerprint density at radius 1 is 1.11 bits per heavy atom. The average molecular weight is 752 g/mol. The number of methoxy groups -OCH3 is 1. The molecule has 44 heavy (non-hydrogen) atoms. The van der Waals surface area contributed by atoms with Crippen LogP contribution in [0.3, 0.4) is 0 Å². The topological polar surface area (TPSA) is 211 Å². The van der Waals surface area contributed by atoms with E-state index in [1.165, 1.54) is 21.0 Å². The van der Waals surface area contributed by atoms with Gasteiger partial charge in [-0.25, -0.2) is 15.2 Å². The minimum absolute atomic E-state index is 0.0441. The van der Waals surface area contributed by atoms with E-state index in [1.54, 1.807) is 11.5 Å². The number of aromatic nitrogens is 4. The van der Waals surface area contributed by atoms with Gasteiger partial charge in [-0.15, -0.1) is 0 Å². The molecule has 0 aromatic carbocycles. The largest absolute Gasteiger partial charge is 0.479 e. The van der Waals surface area contributed by atoms with Crippen molar-refractivity contribution in [3.63, 3.8) is 0 Å². The number of esters is 2. The van der Waals surface area contributed by atoms with Crippen molar-refractivity contribution in [2.75, 3.05) is 19.5 Å². The molecule has 16 nitrogen and oxygen atoms in total. The van der Waals surface area contributed by atoms with E-state index in [2.05, 4.69) is 25.1 Å². The SMILES string of the molecule is COc1nc(N)nc2c1nc(I)n2[C@@H]1O[C@H](COP(=O)(N[C@@H](C)C(=O)OC2CCC2)N[C@@H](C)C(=O)OC2CCC2)C[C@@]1(C)O. The minimum atomic E-state index is -4.08. The Hall–Kier alpha value is -2.15. The molecule has 5 N–H and O–H groups in total. The van der Waals surface area contributed by atoms with Gasteiger partial charge in [-0.1, -0.05) is 0 Å². The number of carbonyl (C=O) groups excluding carboxylic acids is 2. The van der Waals surface area contributed by atoms with Crippen LogP contribution >= 0.6 is 30.3 Å². The summed E-state index contributed by atoms with van der Waals surface area (Å²) in [4.78, 5) is 38.2. The highest BCUT2D eigenvalue weighted by Gasteiger charge is 2.48. The minimum Gasteiger partial charge on any atom is -0.479 e. The fourth-order valence-corrected chi connectivity index (χ4v) is 7.64. The van der Waals surface area contributed by atoms with Crippen LogP contribution in [-0.4, -0.2) is 86.3 Å². The molecule has 2 saturated carbocycles. The number of imidazole rings is 1. The molecule has 5 atom stereocenters. The third-order valence-electron chi connectivity index (χ3n) is 7.95. The number of fused-ring (bicyclic) bond motifs is 1. The Balaban J connectivity index is 1.31. The molecule has 0 bridgehead atoms. The number of anilines is 1. The first-order valence-corrected chi connectivity index (χ1v) is 17.3. The summed E-state index contributed by atoms with van der Waals surface area (Å²) >= 11 is 1.99. The number of nitrogens with one attached hydrogen (secondary N) is 2. The monoisotopic (exact) mass is 751 g/mol. The van der Waals surface area contributed by atoms with Gasteiger partial charge in [-0.2, -0.15) is 9.97 Å². The van der Waals surface area contributed by atoms with Crippen LogP contribution < -0.4 is 20.6 Å². The molecule has 3 aliphatic rings. The van der Waals surface area contributed by atoms with Gasteiger partial charge in [-0.3, -0.25) is 18.7 Å². The quantitative estimate of drug-likeness (QED) is 0.100. The Bertz CT molecular complexity index is 1390.